The predicted molar refractivity (Wildman–Crippen MR) is 137 cm³/mol. The van der Waals surface area contributed by atoms with Crippen LogP contribution in [0.5, 0.6) is 0 Å². The number of furan rings is 1. The number of aromatic nitrogens is 2. The van der Waals surface area contributed by atoms with Crippen LogP contribution in [0.2, 0.25) is 0 Å². The van der Waals surface area contributed by atoms with E-state index < -0.39 is 0 Å². The summed E-state index contributed by atoms with van der Waals surface area (Å²) in [6, 6.07) is 40.4. The van der Waals surface area contributed by atoms with Crippen LogP contribution < -0.4 is 0 Å². The summed E-state index contributed by atoms with van der Waals surface area (Å²) in [7, 11) is 0. The van der Waals surface area contributed by atoms with Crippen LogP contribution in [-0.2, 0) is 20.1 Å². The Labute approximate surface area is 218 Å². The van der Waals surface area contributed by atoms with Gasteiger partial charge < -0.3 is 14.4 Å². The summed E-state index contributed by atoms with van der Waals surface area (Å²) in [5.41, 5.74) is 7.19. The van der Waals surface area contributed by atoms with Crippen molar-refractivity contribution in [1.82, 2.24) is 9.97 Å². The first-order valence-corrected chi connectivity index (χ1v) is 11.1. The maximum Gasteiger partial charge on any atom is 0.134 e. The molecule has 0 fully saturated rings. The molecule has 0 amide bonds. The Kier molecular flexibility index (Phi) is 7.99. The molecule has 3 aromatic carbocycles. The molecular formula is C31H22IrN2O-2. The van der Waals surface area contributed by atoms with Gasteiger partial charge >= 0.3 is 0 Å². The first kappa shape index (κ1) is 24.3. The molecule has 0 aliphatic rings. The topological polar surface area (TPSA) is 38.9 Å². The average molecular weight is 631 g/mol. The second kappa shape index (κ2) is 11.5. The van der Waals surface area contributed by atoms with Gasteiger partial charge in [-0.15, -0.1) is 71.3 Å². The van der Waals surface area contributed by atoms with Gasteiger partial charge in [0.2, 0.25) is 0 Å². The van der Waals surface area contributed by atoms with Crippen molar-refractivity contribution in [2.24, 2.45) is 0 Å². The van der Waals surface area contributed by atoms with Crippen molar-refractivity contribution in [2.75, 3.05) is 0 Å². The third kappa shape index (κ3) is 5.99. The number of pyridine rings is 2. The van der Waals surface area contributed by atoms with E-state index in [9.17, 15) is 0 Å². The number of rotatable bonds is 3. The van der Waals surface area contributed by atoms with Gasteiger partial charge in [0.1, 0.15) is 11.3 Å². The molecule has 0 bridgehead atoms. The van der Waals surface area contributed by atoms with Gasteiger partial charge in [-0.25, -0.2) is 0 Å². The molecule has 0 saturated heterocycles. The maximum atomic E-state index is 5.64. The van der Waals surface area contributed by atoms with Crippen molar-refractivity contribution in [1.29, 1.82) is 0 Å². The molecule has 6 aromatic rings. The van der Waals surface area contributed by atoms with Crippen LogP contribution in [0, 0.1) is 19.1 Å². The summed E-state index contributed by atoms with van der Waals surface area (Å²) in [5.74, 6) is 0.933. The molecule has 6 rings (SSSR count). The summed E-state index contributed by atoms with van der Waals surface area (Å²) < 4.78 is 5.64. The minimum absolute atomic E-state index is 0. The van der Waals surface area contributed by atoms with E-state index >= 15 is 0 Å². The van der Waals surface area contributed by atoms with Gasteiger partial charge in [-0.2, -0.15) is 0 Å². The number of aryl methyl sites for hydroxylation is 1. The van der Waals surface area contributed by atoms with E-state index in [0.717, 1.165) is 44.8 Å². The van der Waals surface area contributed by atoms with Crippen LogP contribution in [0.4, 0.5) is 0 Å². The molecule has 3 nitrogen and oxygen atoms in total. The Bertz CT molecular complexity index is 1460. The number of hydrogen-bond donors (Lipinski definition) is 0. The summed E-state index contributed by atoms with van der Waals surface area (Å²) >= 11 is 0. The average Bonchev–Trinajstić information content (AvgIpc) is 3.30. The van der Waals surface area contributed by atoms with E-state index in [1.165, 1.54) is 5.56 Å². The van der Waals surface area contributed by atoms with E-state index in [2.05, 4.69) is 52.4 Å². The summed E-state index contributed by atoms with van der Waals surface area (Å²) in [6.45, 7) is 1.97. The van der Waals surface area contributed by atoms with Gasteiger partial charge in [0.05, 0.1) is 0 Å². The van der Waals surface area contributed by atoms with Crippen LogP contribution in [0.15, 0.2) is 120 Å². The Hall–Kier alpha value is -3.85. The smallest absolute Gasteiger partial charge is 0.134 e. The van der Waals surface area contributed by atoms with Crippen LogP contribution >= 0.6 is 0 Å². The first-order chi connectivity index (χ1) is 16.8. The standard InChI is InChI=1S/C20H14NO.C11H8N.Ir/c1-14-11-18-13-16(8-9-20(18)22-14)15-5-4-6-17(12-15)19-7-2-3-10-21-19;1-2-6-10(7-3-1)11-8-4-5-9-12-11;/h2-5,7-13H,1H3;1-6,8-9H;/q2*-1;. The van der Waals surface area contributed by atoms with E-state index in [1.807, 2.05) is 79.7 Å². The fourth-order valence-electron chi connectivity index (χ4n) is 3.75. The normalized spacial score (nSPS) is 10.2. The Morgan fingerprint density at radius 1 is 0.629 bits per heavy atom. The Morgan fingerprint density at radius 2 is 1.31 bits per heavy atom. The van der Waals surface area contributed by atoms with Crippen LogP contribution in [0.3, 0.4) is 0 Å². The summed E-state index contributed by atoms with van der Waals surface area (Å²) in [6.07, 6.45) is 3.59. The maximum absolute atomic E-state index is 5.64. The number of hydrogen-bond acceptors (Lipinski definition) is 3. The molecule has 1 radical (unpaired) electrons. The third-order valence-electron chi connectivity index (χ3n) is 5.37. The van der Waals surface area contributed by atoms with Crippen LogP contribution in [0.25, 0.3) is 44.6 Å². The molecule has 0 unspecified atom stereocenters. The number of fused-ring (bicyclic) bond motifs is 1. The van der Waals surface area contributed by atoms with Crippen molar-refractivity contribution in [3.8, 4) is 33.6 Å². The van der Waals surface area contributed by atoms with Crippen molar-refractivity contribution in [3.05, 3.63) is 133 Å². The third-order valence-corrected chi connectivity index (χ3v) is 5.37. The molecule has 0 atom stereocenters. The minimum Gasteiger partial charge on any atom is -0.461 e. The molecule has 0 saturated carbocycles. The molecule has 3 aromatic heterocycles. The van der Waals surface area contributed by atoms with Crippen molar-refractivity contribution >= 4 is 11.0 Å². The van der Waals surface area contributed by atoms with E-state index in [-0.39, 0.29) is 20.1 Å². The Morgan fingerprint density at radius 3 is 2.00 bits per heavy atom. The zero-order valence-electron chi connectivity index (χ0n) is 19.1. The molecule has 4 heteroatoms. The molecule has 35 heavy (non-hydrogen) atoms. The van der Waals surface area contributed by atoms with Crippen molar-refractivity contribution < 1.29 is 24.5 Å². The van der Waals surface area contributed by atoms with Gasteiger partial charge in [-0.3, -0.25) is 0 Å². The number of nitrogens with zero attached hydrogens (tertiary/aromatic N) is 2. The van der Waals surface area contributed by atoms with Crippen LogP contribution in [0.1, 0.15) is 5.76 Å². The van der Waals surface area contributed by atoms with Crippen LogP contribution in [-0.4, -0.2) is 9.97 Å². The molecule has 0 aliphatic carbocycles. The molecule has 173 valence electrons. The first-order valence-electron chi connectivity index (χ1n) is 11.1. The molecule has 3 heterocycles. The molecule has 0 spiro atoms. The second-order valence-electron chi connectivity index (χ2n) is 7.81. The number of benzene rings is 3. The summed E-state index contributed by atoms with van der Waals surface area (Å²) in [5, 5.41) is 1.13. The largest absolute Gasteiger partial charge is 0.461 e. The van der Waals surface area contributed by atoms with Crippen molar-refractivity contribution in [2.45, 2.75) is 6.92 Å². The predicted octanol–water partition coefficient (Wildman–Crippen LogP) is 7.82. The van der Waals surface area contributed by atoms with Gasteiger partial charge in [0.15, 0.2) is 0 Å². The van der Waals surface area contributed by atoms with Gasteiger partial charge in [0.25, 0.3) is 0 Å². The SMILES string of the molecule is Cc1cc2cc(-c3cc[c-]c(-c4ccccn4)c3)ccc2o1.[Ir].[c-]1ccccc1-c1ccccn1. The fraction of sp³-hybridized carbons (Fsp3) is 0.0323. The Balaban J connectivity index is 0.000000189. The van der Waals surface area contributed by atoms with Gasteiger partial charge in [-0.05, 0) is 54.2 Å². The van der Waals surface area contributed by atoms with Gasteiger partial charge in [-0.1, -0.05) is 30.3 Å². The van der Waals surface area contributed by atoms with Gasteiger partial charge in [0, 0.05) is 37.9 Å². The summed E-state index contributed by atoms with van der Waals surface area (Å²) in [4.78, 5) is 8.61. The van der Waals surface area contributed by atoms with Crippen molar-refractivity contribution in [3.63, 3.8) is 0 Å². The van der Waals surface area contributed by atoms with E-state index in [4.69, 9.17) is 4.42 Å². The van der Waals surface area contributed by atoms with E-state index in [0.29, 0.717) is 0 Å². The monoisotopic (exact) mass is 631 g/mol. The van der Waals surface area contributed by atoms with E-state index in [1.54, 1.807) is 12.4 Å². The zero-order chi connectivity index (χ0) is 23.2. The molecular weight excluding hydrogens is 609 g/mol. The molecule has 0 N–H and O–H groups in total. The second-order valence-corrected chi connectivity index (χ2v) is 7.81. The minimum atomic E-state index is 0. The fourth-order valence-corrected chi connectivity index (χ4v) is 3.75. The quantitative estimate of drug-likeness (QED) is 0.187. The zero-order valence-corrected chi connectivity index (χ0v) is 21.5. The molecule has 0 aliphatic heterocycles.